The number of halogens is 3. The van der Waals surface area contributed by atoms with Crippen LogP contribution in [0.2, 0.25) is 0 Å². The van der Waals surface area contributed by atoms with Crippen molar-refractivity contribution >= 4 is 15.8 Å². The van der Waals surface area contributed by atoms with Gasteiger partial charge in [0.1, 0.15) is 34.7 Å². The van der Waals surface area contributed by atoms with E-state index in [1.54, 1.807) is 6.92 Å². The molecule has 2 aromatic rings. The molecule has 0 bridgehead atoms. The first-order chi connectivity index (χ1) is 15.1. The number of aromatic nitrogens is 2. The van der Waals surface area contributed by atoms with Gasteiger partial charge in [-0.1, -0.05) is 0 Å². The van der Waals surface area contributed by atoms with Crippen molar-refractivity contribution in [3.63, 3.8) is 0 Å². The van der Waals surface area contributed by atoms with Gasteiger partial charge in [-0.3, -0.25) is 15.6 Å². The number of anilines is 1. The number of nitrogens with one attached hydrogen (secondary N) is 3. The monoisotopic (exact) mass is 471 g/mol. The van der Waals surface area contributed by atoms with Crippen LogP contribution in [0.15, 0.2) is 35.6 Å². The number of hydrogen-bond donors (Lipinski definition) is 3. The van der Waals surface area contributed by atoms with E-state index in [9.17, 15) is 21.6 Å². The molecule has 3 atom stereocenters. The molecule has 2 fully saturated rings. The lowest BCUT2D eigenvalue weighted by atomic mass is 9.79. The molecule has 0 spiro atoms. The van der Waals surface area contributed by atoms with Crippen molar-refractivity contribution < 1.29 is 26.3 Å². The molecule has 2 aliphatic rings. The Labute approximate surface area is 184 Å². The highest BCUT2D eigenvalue weighted by molar-refractivity contribution is 7.92. The zero-order valence-electron chi connectivity index (χ0n) is 17.3. The van der Waals surface area contributed by atoms with E-state index in [0.29, 0.717) is 18.5 Å². The van der Waals surface area contributed by atoms with Gasteiger partial charge in [0.05, 0.1) is 0 Å². The second-order valence-electron chi connectivity index (χ2n) is 8.13. The third-order valence-corrected chi connectivity index (χ3v) is 7.18. The SMILES string of the molecule is Cc1cc(S(=O)(=O)Nc2ccncn2)c(F)cc1O[C@H]1CCC(F)(F)C[C@@H]1C1CCNN1. The van der Waals surface area contributed by atoms with Crippen LogP contribution in [0, 0.1) is 18.7 Å². The maximum atomic E-state index is 14.8. The van der Waals surface area contributed by atoms with Gasteiger partial charge in [-0.15, -0.1) is 0 Å². The molecule has 8 nitrogen and oxygen atoms in total. The first-order valence-corrected chi connectivity index (χ1v) is 11.7. The highest BCUT2D eigenvalue weighted by Gasteiger charge is 2.46. The van der Waals surface area contributed by atoms with Crippen LogP contribution in [-0.4, -0.2) is 43.0 Å². The van der Waals surface area contributed by atoms with Gasteiger partial charge >= 0.3 is 0 Å². The van der Waals surface area contributed by atoms with Crippen LogP contribution >= 0.6 is 0 Å². The maximum Gasteiger partial charge on any atom is 0.265 e. The molecule has 1 aromatic heterocycles. The number of nitrogens with zero attached hydrogens (tertiary/aromatic N) is 2. The molecular formula is C20H24F3N5O3S. The van der Waals surface area contributed by atoms with Crippen LogP contribution in [0.3, 0.4) is 0 Å². The Balaban J connectivity index is 1.56. The fraction of sp³-hybridized carbons (Fsp3) is 0.500. The third-order valence-electron chi connectivity index (χ3n) is 5.81. The number of aryl methyl sites for hydroxylation is 1. The molecule has 4 rings (SSSR count). The molecule has 2 heterocycles. The van der Waals surface area contributed by atoms with Crippen LogP contribution < -0.4 is 20.3 Å². The van der Waals surface area contributed by atoms with E-state index in [2.05, 4.69) is 25.5 Å². The smallest absolute Gasteiger partial charge is 0.265 e. The van der Waals surface area contributed by atoms with Crippen LogP contribution in [0.1, 0.15) is 31.2 Å². The highest BCUT2D eigenvalue weighted by atomic mass is 32.2. The van der Waals surface area contributed by atoms with E-state index in [-0.39, 0.29) is 36.9 Å². The Morgan fingerprint density at radius 1 is 1.28 bits per heavy atom. The van der Waals surface area contributed by atoms with Crippen LogP contribution in [0.25, 0.3) is 0 Å². The summed E-state index contributed by atoms with van der Waals surface area (Å²) in [6, 6.07) is 3.31. The standard InChI is InChI=1S/C20H24F3N5O3S/c1-12-8-18(32(29,30)28-19-4-6-24-11-25-19)14(21)9-17(12)31-16-2-5-20(22,23)10-13(16)15-3-7-26-27-15/h4,6,8-9,11,13,15-16,26-27H,2-3,5,7,10H2,1H3,(H,24,25,28)/t13-,15?,16+/m1/s1. The second-order valence-corrected chi connectivity index (χ2v) is 9.78. The molecule has 12 heteroatoms. The Bertz CT molecular complexity index is 1070. The van der Waals surface area contributed by atoms with Gasteiger partial charge in [-0.25, -0.2) is 31.6 Å². The van der Waals surface area contributed by atoms with Crippen LogP contribution in [-0.2, 0) is 10.0 Å². The van der Waals surface area contributed by atoms with Crippen molar-refractivity contribution in [3.8, 4) is 5.75 Å². The molecule has 32 heavy (non-hydrogen) atoms. The van der Waals surface area contributed by atoms with E-state index in [1.807, 2.05) is 0 Å². The number of rotatable bonds is 6. The molecule has 1 aromatic carbocycles. The highest BCUT2D eigenvalue weighted by Crippen LogP contribution is 2.41. The largest absolute Gasteiger partial charge is 0.490 e. The predicted octanol–water partition coefficient (Wildman–Crippen LogP) is 2.77. The minimum Gasteiger partial charge on any atom is -0.490 e. The molecule has 0 amide bonds. The van der Waals surface area contributed by atoms with E-state index in [1.165, 1.54) is 12.3 Å². The Kier molecular flexibility index (Phi) is 6.28. The molecule has 1 aliphatic carbocycles. The van der Waals surface area contributed by atoms with Crippen LogP contribution in [0.4, 0.5) is 19.0 Å². The lowest BCUT2D eigenvalue weighted by Gasteiger charge is -2.39. The van der Waals surface area contributed by atoms with Crippen molar-refractivity contribution in [2.24, 2.45) is 5.92 Å². The Morgan fingerprint density at radius 3 is 2.78 bits per heavy atom. The van der Waals surface area contributed by atoms with E-state index in [4.69, 9.17) is 4.74 Å². The molecule has 1 aliphatic heterocycles. The molecule has 3 N–H and O–H groups in total. The summed E-state index contributed by atoms with van der Waals surface area (Å²) in [4.78, 5) is 6.91. The molecule has 1 saturated carbocycles. The number of hydrazine groups is 1. The van der Waals surface area contributed by atoms with Gasteiger partial charge in [0.15, 0.2) is 0 Å². The summed E-state index contributed by atoms with van der Waals surface area (Å²) in [5.41, 5.74) is 6.35. The molecular weight excluding hydrogens is 447 g/mol. The number of hydrogen-bond acceptors (Lipinski definition) is 7. The third kappa shape index (κ3) is 4.97. The lowest BCUT2D eigenvalue weighted by molar-refractivity contribution is -0.0922. The summed E-state index contributed by atoms with van der Waals surface area (Å²) in [6.45, 7) is 2.25. The van der Waals surface area contributed by atoms with Crippen molar-refractivity contribution in [2.45, 2.75) is 55.6 Å². The van der Waals surface area contributed by atoms with Gasteiger partial charge in [-0.2, -0.15) is 0 Å². The molecule has 174 valence electrons. The molecule has 1 unspecified atom stereocenters. The van der Waals surface area contributed by atoms with Crippen molar-refractivity contribution in [1.82, 2.24) is 20.8 Å². The maximum absolute atomic E-state index is 14.8. The zero-order valence-corrected chi connectivity index (χ0v) is 18.1. The van der Waals surface area contributed by atoms with E-state index < -0.39 is 38.7 Å². The van der Waals surface area contributed by atoms with Gasteiger partial charge in [0.25, 0.3) is 10.0 Å². The average molecular weight is 472 g/mol. The number of sulfonamides is 1. The lowest BCUT2D eigenvalue weighted by Crippen LogP contribution is -2.49. The predicted molar refractivity (Wildman–Crippen MR) is 110 cm³/mol. The zero-order chi connectivity index (χ0) is 22.9. The minimum atomic E-state index is -4.24. The summed E-state index contributed by atoms with van der Waals surface area (Å²) in [6.07, 6.45) is 2.12. The summed E-state index contributed by atoms with van der Waals surface area (Å²) in [7, 11) is -4.24. The van der Waals surface area contributed by atoms with Gasteiger partial charge in [0.2, 0.25) is 5.92 Å². The fourth-order valence-electron chi connectivity index (χ4n) is 4.19. The average Bonchev–Trinajstić information content (AvgIpc) is 3.26. The van der Waals surface area contributed by atoms with E-state index >= 15 is 0 Å². The summed E-state index contributed by atoms with van der Waals surface area (Å²) >= 11 is 0. The Hall–Kier alpha value is -2.44. The topological polar surface area (TPSA) is 105 Å². The second kappa shape index (κ2) is 8.83. The number of alkyl halides is 2. The normalized spacial score (nSPS) is 25.4. The first kappa shape index (κ1) is 22.7. The number of benzene rings is 1. The van der Waals surface area contributed by atoms with E-state index in [0.717, 1.165) is 18.5 Å². The van der Waals surface area contributed by atoms with Gasteiger partial charge < -0.3 is 4.74 Å². The summed E-state index contributed by atoms with van der Waals surface area (Å²) in [5.74, 6) is -4.13. The summed E-state index contributed by atoms with van der Waals surface area (Å²) < 4.78 is 76.4. The minimum absolute atomic E-state index is 0.000952. The number of ether oxygens (including phenoxy) is 1. The Morgan fingerprint density at radius 2 is 2.09 bits per heavy atom. The molecule has 0 radical (unpaired) electrons. The van der Waals surface area contributed by atoms with Crippen molar-refractivity contribution in [2.75, 3.05) is 11.3 Å². The molecule has 1 saturated heterocycles. The first-order valence-electron chi connectivity index (χ1n) is 10.3. The van der Waals surface area contributed by atoms with Crippen molar-refractivity contribution in [3.05, 3.63) is 42.1 Å². The fourth-order valence-corrected chi connectivity index (χ4v) is 5.35. The van der Waals surface area contributed by atoms with Gasteiger partial charge in [-0.05, 0) is 37.5 Å². The van der Waals surface area contributed by atoms with Crippen molar-refractivity contribution in [1.29, 1.82) is 0 Å². The van der Waals surface area contributed by atoms with Gasteiger partial charge in [0, 0.05) is 43.6 Å². The van der Waals surface area contributed by atoms with Crippen LogP contribution in [0.5, 0.6) is 5.75 Å². The summed E-state index contributed by atoms with van der Waals surface area (Å²) in [5, 5.41) is 0. The quantitative estimate of drug-likeness (QED) is 0.595.